The Morgan fingerprint density at radius 3 is 2.41 bits per heavy atom. The van der Waals surface area contributed by atoms with E-state index in [-0.39, 0.29) is 18.5 Å². The quantitative estimate of drug-likeness (QED) is 0.680. The second kappa shape index (κ2) is 9.28. The minimum absolute atomic E-state index is 0.206. The van der Waals surface area contributed by atoms with Gasteiger partial charge in [0.15, 0.2) is 0 Å². The summed E-state index contributed by atoms with van der Waals surface area (Å²) in [5.74, 6) is -0.345. The largest absolute Gasteiger partial charge is 0.348 e. The zero-order valence-electron chi connectivity index (χ0n) is 16.1. The van der Waals surface area contributed by atoms with E-state index in [1.165, 1.54) is 17.3 Å². The van der Waals surface area contributed by atoms with Crippen LogP contribution in [-0.2, 0) is 21.2 Å². The molecule has 0 bridgehead atoms. The third kappa shape index (κ3) is 6.01. The van der Waals surface area contributed by atoms with E-state index in [0.717, 1.165) is 27.4 Å². The van der Waals surface area contributed by atoms with Gasteiger partial charge < -0.3 is 5.32 Å². The van der Waals surface area contributed by atoms with Crippen LogP contribution in [0.3, 0.4) is 0 Å². The molecule has 1 atom stereocenters. The molecular weight excluding hydrogens is 380 g/mol. The molecule has 0 aliphatic rings. The van der Waals surface area contributed by atoms with Gasteiger partial charge in [-0.3, -0.25) is 9.10 Å². The van der Waals surface area contributed by atoms with Crippen molar-refractivity contribution in [3.63, 3.8) is 0 Å². The number of hydrogen-bond donors (Lipinski definition) is 1. The number of sulfonamides is 1. The van der Waals surface area contributed by atoms with E-state index in [4.69, 9.17) is 0 Å². The lowest BCUT2D eigenvalue weighted by Gasteiger charge is -2.23. The van der Waals surface area contributed by atoms with E-state index in [0.29, 0.717) is 5.69 Å². The summed E-state index contributed by atoms with van der Waals surface area (Å²) in [6.45, 7) is 3.72. The molecule has 5 nitrogen and oxygen atoms in total. The number of amides is 1. The molecule has 1 unspecified atom stereocenters. The summed E-state index contributed by atoms with van der Waals surface area (Å²) < 4.78 is 25.6. The van der Waals surface area contributed by atoms with E-state index in [1.807, 2.05) is 43.5 Å². The first-order chi connectivity index (χ1) is 12.7. The van der Waals surface area contributed by atoms with Gasteiger partial charge in [0.1, 0.15) is 6.54 Å². The number of aryl methyl sites for hydroxylation is 1. The first kappa shape index (κ1) is 21.3. The van der Waals surface area contributed by atoms with Crippen molar-refractivity contribution in [1.29, 1.82) is 0 Å². The molecule has 2 rings (SSSR count). The SMILES string of the molecule is CCc1ccc(C(C)NC(=O)CN(c2cccc(SC)c2)S(C)(=O)=O)cc1. The number of carbonyl (C=O) groups excluding carboxylic acids is 1. The summed E-state index contributed by atoms with van der Waals surface area (Å²) in [5.41, 5.74) is 2.70. The van der Waals surface area contributed by atoms with Gasteiger partial charge in [-0.25, -0.2) is 8.42 Å². The second-order valence-corrected chi connectivity index (χ2v) is 9.14. The molecule has 1 amide bonds. The maximum Gasteiger partial charge on any atom is 0.241 e. The van der Waals surface area contributed by atoms with Crippen LogP contribution in [0.1, 0.15) is 31.0 Å². The molecule has 0 aliphatic carbocycles. The van der Waals surface area contributed by atoms with Crippen LogP contribution in [-0.4, -0.2) is 33.4 Å². The number of rotatable bonds is 8. The number of benzene rings is 2. The normalized spacial score (nSPS) is 12.4. The Morgan fingerprint density at radius 2 is 1.85 bits per heavy atom. The van der Waals surface area contributed by atoms with Crippen molar-refractivity contribution in [2.75, 3.05) is 23.4 Å². The van der Waals surface area contributed by atoms with Crippen molar-refractivity contribution >= 4 is 33.4 Å². The highest BCUT2D eigenvalue weighted by atomic mass is 32.2. The third-order valence-corrected chi connectivity index (χ3v) is 6.16. The Hall–Kier alpha value is -1.99. The third-order valence-electron chi connectivity index (χ3n) is 4.29. The van der Waals surface area contributed by atoms with Gasteiger partial charge in [-0.2, -0.15) is 0 Å². The summed E-state index contributed by atoms with van der Waals surface area (Å²) in [6, 6.07) is 15.0. The van der Waals surface area contributed by atoms with Gasteiger partial charge in [0.05, 0.1) is 18.0 Å². The monoisotopic (exact) mass is 406 g/mol. The van der Waals surface area contributed by atoms with E-state index in [1.54, 1.807) is 18.2 Å². The molecule has 146 valence electrons. The Kier molecular flexibility index (Phi) is 7.33. The first-order valence-corrected chi connectivity index (χ1v) is 11.8. The maximum absolute atomic E-state index is 12.5. The van der Waals surface area contributed by atoms with E-state index < -0.39 is 10.0 Å². The van der Waals surface area contributed by atoms with Gasteiger partial charge in [0.25, 0.3) is 0 Å². The average Bonchev–Trinajstić information content (AvgIpc) is 2.65. The summed E-state index contributed by atoms with van der Waals surface area (Å²) in [5, 5.41) is 2.88. The number of nitrogens with one attached hydrogen (secondary N) is 1. The summed E-state index contributed by atoms with van der Waals surface area (Å²) in [4.78, 5) is 13.4. The highest BCUT2D eigenvalue weighted by molar-refractivity contribution is 7.98. The minimum atomic E-state index is -3.58. The van der Waals surface area contributed by atoms with Crippen LogP contribution < -0.4 is 9.62 Å². The van der Waals surface area contributed by atoms with Gasteiger partial charge in [0.2, 0.25) is 15.9 Å². The second-order valence-electron chi connectivity index (χ2n) is 6.36. The molecule has 7 heteroatoms. The van der Waals surface area contributed by atoms with Gasteiger partial charge >= 0.3 is 0 Å². The molecule has 0 fully saturated rings. The summed E-state index contributed by atoms with van der Waals surface area (Å²) >= 11 is 1.52. The average molecular weight is 407 g/mol. The molecular formula is C20H26N2O3S2. The molecule has 0 aromatic heterocycles. The molecule has 0 spiro atoms. The summed E-state index contributed by atoms with van der Waals surface area (Å²) in [6.07, 6.45) is 3.99. The van der Waals surface area contributed by atoms with Crippen LogP contribution in [0.15, 0.2) is 53.4 Å². The highest BCUT2D eigenvalue weighted by Crippen LogP contribution is 2.24. The zero-order chi connectivity index (χ0) is 20.0. The van der Waals surface area contributed by atoms with Crippen molar-refractivity contribution in [2.45, 2.75) is 31.2 Å². The Bertz CT molecular complexity index is 880. The molecule has 0 heterocycles. The molecule has 0 radical (unpaired) electrons. The maximum atomic E-state index is 12.5. The lowest BCUT2D eigenvalue weighted by molar-refractivity contribution is -0.120. The number of carbonyl (C=O) groups is 1. The Labute approximate surface area is 166 Å². The standard InChI is InChI=1S/C20H26N2O3S2/c1-5-16-9-11-17(12-10-16)15(2)21-20(23)14-22(27(4,24)25)18-7-6-8-19(13-18)26-3/h6-13,15H,5,14H2,1-4H3,(H,21,23). The fraction of sp³-hybridized carbons (Fsp3) is 0.350. The van der Waals surface area contributed by atoms with E-state index in [2.05, 4.69) is 12.2 Å². The molecule has 0 saturated heterocycles. The molecule has 1 N–H and O–H groups in total. The summed E-state index contributed by atoms with van der Waals surface area (Å²) in [7, 11) is -3.58. The smallest absolute Gasteiger partial charge is 0.241 e. The molecule has 2 aromatic carbocycles. The molecule has 27 heavy (non-hydrogen) atoms. The van der Waals surface area contributed by atoms with Crippen LogP contribution in [0.5, 0.6) is 0 Å². The van der Waals surface area contributed by atoms with Crippen LogP contribution in [0, 0.1) is 0 Å². The predicted octanol–water partition coefficient (Wildman–Crippen LogP) is 3.61. The number of anilines is 1. The fourth-order valence-corrected chi connectivity index (χ4v) is 4.01. The minimum Gasteiger partial charge on any atom is -0.348 e. The van der Waals surface area contributed by atoms with Crippen molar-refractivity contribution in [2.24, 2.45) is 0 Å². The first-order valence-electron chi connectivity index (χ1n) is 8.74. The molecule has 0 saturated carbocycles. The van der Waals surface area contributed by atoms with Crippen LogP contribution in [0.4, 0.5) is 5.69 Å². The molecule has 2 aromatic rings. The van der Waals surface area contributed by atoms with E-state index in [9.17, 15) is 13.2 Å². The van der Waals surface area contributed by atoms with Crippen molar-refractivity contribution in [1.82, 2.24) is 5.32 Å². The highest BCUT2D eigenvalue weighted by Gasteiger charge is 2.22. The van der Waals surface area contributed by atoms with Crippen molar-refractivity contribution in [3.05, 3.63) is 59.7 Å². The topological polar surface area (TPSA) is 66.5 Å². The Balaban J connectivity index is 2.13. The van der Waals surface area contributed by atoms with Gasteiger partial charge in [-0.1, -0.05) is 37.3 Å². The Morgan fingerprint density at radius 1 is 1.19 bits per heavy atom. The van der Waals surface area contributed by atoms with Gasteiger partial charge in [-0.05, 0) is 48.9 Å². The number of hydrogen-bond acceptors (Lipinski definition) is 4. The van der Waals surface area contributed by atoms with Crippen molar-refractivity contribution in [3.8, 4) is 0 Å². The van der Waals surface area contributed by atoms with Crippen molar-refractivity contribution < 1.29 is 13.2 Å². The van der Waals surface area contributed by atoms with Crippen LogP contribution in [0.2, 0.25) is 0 Å². The number of thioether (sulfide) groups is 1. The number of nitrogens with zero attached hydrogens (tertiary/aromatic N) is 1. The lowest BCUT2D eigenvalue weighted by Crippen LogP contribution is -2.41. The lowest BCUT2D eigenvalue weighted by atomic mass is 10.1. The van der Waals surface area contributed by atoms with Crippen LogP contribution in [0.25, 0.3) is 0 Å². The fourth-order valence-electron chi connectivity index (χ4n) is 2.71. The van der Waals surface area contributed by atoms with Crippen LogP contribution >= 0.6 is 11.8 Å². The predicted molar refractivity (Wildman–Crippen MR) is 113 cm³/mol. The van der Waals surface area contributed by atoms with Gasteiger partial charge in [0, 0.05) is 4.90 Å². The van der Waals surface area contributed by atoms with E-state index >= 15 is 0 Å². The zero-order valence-corrected chi connectivity index (χ0v) is 17.7. The van der Waals surface area contributed by atoms with Gasteiger partial charge in [-0.15, -0.1) is 11.8 Å². The molecule has 0 aliphatic heterocycles.